The molecule has 0 aliphatic heterocycles. The molecule has 0 saturated carbocycles. The van der Waals surface area contributed by atoms with Crippen LogP contribution in [-0.2, 0) is 0 Å². The predicted octanol–water partition coefficient (Wildman–Crippen LogP) is 1.04. The van der Waals surface area contributed by atoms with Crippen LogP contribution < -0.4 is 0 Å². The van der Waals surface area contributed by atoms with E-state index >= 15 is 0 Å². The first-order valence-corrected chi connectivity index (χ1v) is 1.41. The third-order valence-corrected chi connectivity index (χ3v) is 0. The Kier molecular flexibility index (Phi) is 21.3. The summed E-state index contributed by atoms with van der Waals surface area (Å²) in [6, 6.07) is 0. The molecule has 0 aromatic rings. The Morgan fingerprint density at radius 2 is 1.25 bits per heavy atom. The van der Waals surface area contributed by atoms with E-state index in [2.05, 4.69) is 13.8 Å². The van der Waals surface area contributed by atoms with Gasteiger partial charge in [-0.25, -0.2) is 0 Å². The second kappa shape index (κ2) is 9.68. The predicted molar refractivity (Wildman–Crippen MR) is 21.7 cm³/mol. The van der Waals surface area contributed by atoms with Gasteiger partial charge in [-0.1, -0.05) is 20.3 Å². The summed E-state index contributed by atoms with van der Waals surface area (Å²) in [4.78, 5) is 0. The first-order chi connectivity index (χ1) is 1.41. The maximum absolute atomic E-state index is 2.12. The molecule has 0 aliphatic rings. The van der Waals surface area contributed by atoms with Crippen molar-refractivity contribution in [2.45, 2.75) is 20.3 Å². The third-order valence-electron chi connectivity index (χ3n) is 0. The quantitative estimate of drug-likeness (QED) is 0.422. The molecule has 0 spiro atoms. The maximum Gasteiger partial charge on any atom is 0 e. The second-order valence-electron chi connectivity index (χ2n) is 0.707. The summed E-state index contributed by atoms with van der Waals surface area (Å²) in [5.74, 6) is 0. The van der Waals surface area contributed by atoms with E-state index in [9.17, 15) is 0 Å². The van der Waals surface area contributed by atoms with Crippen LogP contribution >= 0.6 is 0 Å². The number of rotatable bonds is 0. The fourth-order valence-corrected chi connectivity index (χ4v) is 0. The molecule has 0 N–H and O–H groups in total. The van der Waals surface area contributed by atoms with Crippen LogP contribution in [0.15, 0.2) is 0 Å². The van der Waals surface area contributed by atoms with Crippen molar-refractivity contribution in [3.63, 3.8) is 0 Å². The second-order valence-corrected chi connectivity index (χ2v) is 0.707. The summed E-state index contributed by atoms with van der Waals surface area (Å²) in [5, 5.41) is 0. The molecule has 2 radical (unpaired) electrons. The first-order valence-electron chi connectivity index (χ1n) is 1.41. The van der Waals surface area contributed by atoms with Crippen molar-refractivity contribution >= 4 is 17.1 Å². The monoisotopic (exact) mass is 124 g/mol. The van der Waals surface area contributed by atoms with E-state index in [0.717, 1.165) is 0 Å². The fourth-order valence-electron chi connectivity index (χ4n) is 0. The molecule has 0 heterocycles. The van der Waals surface area contributed by atoms with Gasteiger partial charge in [0, 0.05) is 17.1 Å². The van der Waals surface area contributed by atoms with Gasteiger partial charge in [0.15, 0.2) is 0 Å². The minimum Gasteiger partial charge on any atom is -0.0656 e. The summed E-state index contributed by atoms with van der Waals surface area (Å²) in [5.41, 5.74) is 0. The van der Waals surface area contributed by atoms with Gasteiger partial charge in [-0.2, -0.15) is 0 Å². The smallest absolute Gasteiger partial charge is 0 e. The fraction of sp³-hybridized carbons (Fsp3) is 1.00. The molecule has 0 atom stereocenters. The molecule has 0 fully saturated rings. The molecular weight excluding hydrogens is 115 g/mol. The van der Waals surface area contributed by atoms with Crippen LogP contribution in [0.3, 0.4) is 0 Å². The molecule has 0 aliphatic carbocycles. The molecule has 1 heteroatoms. The average Bonchev–Trinajstić information content (AvgIpc) is 0.918. The third kappa shape index (κ3) is 21.6. The maximum atomic E-state index is 2.12. The van der Waals surface area contributed by atoms with Crippen molar-refractivity contribution in [1.82, 2.24) is 0 Å². The zero-order chi connectivity index (χ0) is 2.71. The molecule has 0 aromatic carbocycles. The first kappa shape index (κ1) is 8.82. The van der Waals surface area contributed by atoms with Crippen LogP contribution in [0.25, 0.3) is 0 Å². The van der Waals surface area contributed by atoms with Crippen molar-refractivity contribution < 1.29 is 0 Å². The molecule has 0 rings (SSSR count). The van der Waals surface area contributed by atoms with E-state index < -0.39 is 0 Å². The van der Waals surface area contributed by atoms with E-state index in [-0.39, 0.29) is 17.1 Å². The van der Waals surface area contributed by atoms with Gasteiger partial charge in [0.25, 0.3) is 0 Å². The van der Waals surface area contributed by atoms with E-state index in [4.69, 9.17) is 0 Å². The average molecular weight is 123 g/mol. The van der Waals surface area contributed by atoms with E-state index in [0.29, 0.717) is 0 Å². The Labute approximate surface area is 38.1 Å². The van der Waals surface area contributed by atoms with E-state index in [1.807, 2.05) is 0 Å². The normalized spacial score (nSPS) is 4.50. The molecule has 0 nitrogen and oxygen atoms in total. The van der Waals surface area contributed by atoms with Crippen molar-refractivity contribution in [1.29, 1.82) is 0 Å². The van der Waals surface area contributed by atoms with Crippen LogP contribution in [0.5, 0.6) is 0 Å². The largest absolute Gasteiger partial charge is 0.0656 e. The van der Waals surface area contributed by atoms with Gasteiger partial charge in [0.05, 0.1) is 0 Å². The van der Waals surface area contributed by atoms with Gasteiger partial charge < -0.3 is 0 Å². The molecule has 0 aromatic heterocycles. The molecule has 0 unspecified atom stereocenters. The Morgan fingerprint density at radius 3 is 1.25 bits per heavy atom. The van der Waals surface area contributed by atoms with Gasteiger partial charge in [-0.15, -0.1) is 0 Å². The SMILES string of the molecule is CCC.[Se]. The van der Waals surface area contributed by atoms with Gasteiger partial charge >= 0.3 is 0 Å². The number of hydrogen-bond donors (Lipinski definition) is 0. The number of hydrogen-bond acceptors (Lipinski definition) is 0. The Morgan fingerprint density at radius 1 is 1.25 bits per heavy atom. The summed E-state index contributed by atoms with van der Waals surface area (Å²) >= 11 is 0. The van der Waals surface area contributed by atoms with Crippen LogP contribution in [0.4, 0.5) is 0 Å². The van der Waals surface area contributed by atoms with Crippen LogP contribution in [0.2, 0.25) is 0 Å². The van der Waals surface area contributed by atoms with E-state index in [1.165, 1.54) is 6.42 Å². The van der Waals surface area contributed by atoms with Gasteiger partial charge in [0.1, 0.15) is 0 Å². The summed E-state index contributed by atoms with van der Waals surface area (Å²) < 4.78 is 0. The summed E-state index contributed by atoms with van der Waals surface area (Å²) in [7, 11) is 0. The van der Waals surface area contributed by atoms with Crippen molar-refractivity contribution in [2.75, 3.05) is 0 Å². The van der Waals surface area contributed by atoms with Crippen molar-refractivity contribution in [3.8, 4) is 0 Å². The van der Waals surface area contributed by atoms with Gasteiger partial charge in [0.2, 0.25) is 0 Å². The van der Waals surface area contributed by atoms with Crippen molar-refractivity contribution in [2.24, 2.45) is 0 Å². The topological polar surface area (TPSA) is 0 Å². The zero-order valence-electron chi connectivity index (χ0n) is 3.12. The molecule has 26 valence electrons. The zero-order valence-corrected chi connectivity index (χ0v) is 4.83. The van der Waals surface area contributed by atoms with E-state index in [1.54, 1.807) is 0 Å². The van der Waals surface area contributed by atoms with Crippen LogP contribution in [-0.4, -0.2) is 17.1 Å². The van der Waals surface area contributed by atoms with Crippen LogP contribution in [0, 0.1) is 0 Å². The minimum absolute atomic E-state index is 0. The minimum atomic E-state index is 0. The summed E-state index contributed by atoms with van der Waals surface area (Å²) in [6.07, 6.45) is 1.25. The molecule has 0 saturated heterocycles. The van der Waals surface area contributed by atoms with Gasteiger partial charge in [-0.3, -0.25) is 0 Å². The Hall–Kier alpha value is 0.519. The Balaban J connectivity index is 0. The molecule has 0 bridgehead atoms. The molecular formula is C3H8Se. The van der Waals surface area contributed by atoms with Crippen molar-refractivity contribution in [3.05, 3.63) is 0 Å². The van der Waals surface area contributed by atoms with Crippen LogP contribution in [0.1, 0.15) is 20.3 Å². The van der Waals surface area contributed by atoms with Gasteiger partial charge in [-0.05, 0) is 0 Å². The summed E-state index contributed by atoms with van der Waals surface area (Å²) in [6.45, 7) is 4.25. The molecule has 0 amide bonds. The molecule has 4 heavy (non-hydrogen) atoms. The Bertz CT molecular complexity index is 3.25. The standard InChI is InChI=1S/C3H8.Se/c1-3-2;/h3H2,1-2H3;.